The van der Waals surface area contributed by atoms with Crippen molar-refractivity contribution >= 4 is 0 Å². The van der Waals surface area contributed by atoms with E-state index in [9.17, 15) is 4.39 Å². The first-order valence-electron chi connectivity index (χ1n) is 6.40. The van der Waals surface area contributed by atoms with Crippen LogP contribution in [0.3, 0.4) is 0 Å². The van der Waals surface area contributed by atoms with Crippen molar-refractivity contribution in [2.75, 3.05) is 6.61 Å². The highest BCUT2D eigenvalue weighted by Crippen LogP contribution is 2.40. The summed E-state index contributed by atoms with van der Waals surface area (Å²) in [7, 11) is 0. The lowest BCUT2D eigenvalue weighted by Gasteiger charge is -2.20. The normalized spacial score (nSPS) is 18.8. The minimum Gasteiger partial charge on any atom is -0.493 e. The molecular weight excluding hydrogens is 241 g/mol. The summed E-state index contributed by atoms with van der Waals surface area (Å²) in [5.41, 5.74) is 9.37. The van der Waals surface area contributed by atoms with Gasteiger partial charge in [0.15, 0.2) is 0 Å². The summed E-state index contributed by atoms with van der Waals surface area (Å²) in [5.74, 6) is 0.805. The molecule has 1 aliphatic rings. The van der Waals surface area contributed by atoms with E-state index < -0.39 is 0 Å². The molecule has 2 nitrogen and oxygen atoms in total. The SMILES string of the molecule is Cc1cc(F)ccc1C(N)C1COc2ccccc21. The molecule has 0 aromatic heterocycles. The second kappa shape index (κ2) is 4.67. The van der Waals surface area contributed by atoms with Crippen LogP contribution in [0.1, 0.15) is 28.7 Å². The second-order valence-electron chi connectivity index (χ2n) is 4.98. The molecular formula is C16H16FNO. The van der Waals surface area contributed by atoms with E-state index in [1.807, 2.05) is 31.2 Å². The molecule has 19 heavy (non-hydrogen) atoms. The Labute approximate surface area is 112 Å². The predicted molar refractivity (Wildman–Crippen MR) is 72.7 cm³/mol. The van der Waals surface area contributed by atoms with Gasteiger partial charge in [0, 0.05) is 17.5 Å². The molecule has 0 radical (unpaired) electrons. The molecule has 0 saturated heterocycles. The van der Waals surface area contributed by atoms with Gasteiger partial charge in [-0.15, -0.1) is 0 Å². The third-order valence-electron chi connectivity index (χ3n) is 3.76. The maximum atomic E-state index is 13.2. The fourth-order valence-corrected chi connectivity index (χ4v) is 2.71. The summed E-state index contributed by atoms with van der Waals surface area (Å²) in [6.07, 6.45) is 0. The largest absolute Gasteiger partial charge is 0.493 e. The molecule has 0 amide bonds. The Morgan fingerprint density at radius 2 is 2.05 bits per heavy atom. The van der Waals surface area contributed by atoms with Crippen LogP contribution < -0.4 is 10.5 Å². The number of ether oxygens (including phenoxy) is 1. The van der Waals surface area contributed by atoms with E-state index in [0.29, 0.717) is 6.61 Å². The molecule has 3 heteroatoms. The number of para-hydroxylation sites is 1. The molecule has 0 aliphatic carbocycles. The molecule has 0 spiro atoms. The standard InChI is InChI=1S/C16H16FNO/c1-10-8-11(17)6-7-12(10)16(18)14-9-19-15-5-3-2-4-13(14)15/h2-8,14,16H,9,18H2,1H3. The first kappa shape index (κ1) is 12.2. The quantitative estimate of drug-likeness (QED) is 0.895. The minimum absolute atomic E-state index is 0.125. The third-order valence-corrected chi connectivity index (χ3v) is 3.76. The molecule has 98 valence electrons. The predicted octanol–water partition coefficient (Wildman–Crippen LogP) is 3.31. The van der Waals surface area contributed by atoms with Gasteiger partial charge in [-0.1, -0.05) is 24.3 Å². The van der Waals surface area contributed by atoms with E-state index in [1.165, 1.54) is 12.1 Å². The van der Waals surface area contributed by atoms with Crippen LogP contribution in [0.4, 0.5) is 4.39 Å². The van der Waals surface area contributed by atoms with E-state index in [4.69, 9.17) is 10.5 Å². The van der Waals surface area contributed by atoms with Crippen LogP contribution in [0, 0.1) is 12.7 Å². The molecule has 2 N–H and O–H groups in total. The van der Waals surface area contributed by atoms with Crippen LogP contribution in [-0.2, 0) is 0 Å². The molecule has 3 rings (SSSR count). The fourth-order valence-electron chi connectivity index (χ4n) is 2.71. The smallest absolute Gasteiger partial charge is 0.123 e. The van der Waals surface area contributed by atoms with E-state index in [-0.39, 0.29) is 17.8 Å². The van der Waals surface area contributed by atoms with Crippen molar-refractivity contribution < 1.29 is 9.13 Å². The van der Waals surface area contributed by atoms with E-state index >= 15 is 0 Å². The van der Waals surface area contributed by atoms with Gasteiger partial charge in [0.1, 0.15) is 11.6 Å². The zero-order valence-electron chi connectivity index (χ0n) is 10.8. The van der Waals surface area contributed by atoms with Crippen molar-refractivity contribution in [2.24, 2.45) is 5.73 Å². The summed E-state index contributed by atoms with van der Waals surface area (Å²) >= 11 is 0. The van der Waals surface area contributed by atoms with Gasteiger partial charge in [0.05, 0.1) is 6.61 Å². The van der Waals surface area contributed by atoms with Crippen molar-refractivity contribution in [2.45, 2.75) is 18.9 Å². The third kappa shape index (κ3) is 2.10. The number of aryl methyl sites for hydroxylation is 1. The monoisotopic (exact) mass is 257 g/mol. The van der Waals surface area contributed by atoms with Crippen molar-refractivity contribution in [1.82, 2.24) is 0 Å². The molecule has 0 fully saturated rings. The summed E-state index contributed by atoms with van der Waals surface area (Å²) in [5, 5.41) is 0. The van der Waals surface area contributed by atoms with Gasteiger partial charge in [-0.05, 0) is 36.2 Å². The molecule has 2 aromatic carbocycles. The van der Waals surface area contributed by atoms with Gasteiger partial charge < -0.3 is 10.5 Å². The lowest BCUT2D eigenvalue weighted by Crippen LogP contribution is -2.22. The highest BCUT2D eigenvalue weighted by molar-refractivity contribution is 5.43. The van der Waals surface area contributed by atoms with Gasteiger partial charge in [0.25, 0.3) is 0 Å². The fraction of sp³-hybridized carbons (Fsp3) is 0.250. The number of nitrogens with two attached hydrogens (primary N) is 1. The Bertz CT molecular complexity index is 611. The number of halogens is 1. The van der Waals surface area contributed by atoms with Crippen molar-refractivity contribution in [3.05, 3.63) is 65.0 Å². The number of benzene rings is 2. The molecule has 2 aromatic rings. The molecule has 1 aliphatic heterocycles. The molecule has 0 saturated carbocycles. The zero-order valence-corrected chi connectivity index (χ0v) is 10.8. The number of rotatable bonds is 2. The lowest BCUT2D eigenvalue weighted by molar-refractivity contribution is 0.315. The van der Waals surface area contributed by atoms with Crippen LogP contribution in [0.15, 0.2) is 42.5 Å². The van der Waals surface area contributed by atoms with Crippen molar-refractivity contribution in [3.8, 4) is 5.75 Å². The maximum Gasteiger partial charge on any atom is 0.123 e. The first-order chi connectivity index (χ1) is 9.16. The Morgan fingerprint density at radius 3 is 2.84 bits per heavy atom. The lowest BCUT2D eigenvalue weighted by atomic mass is 9.87. The summed E-state index contributed by atoms with van der Waals surface area (Å²) < 4.78 is 18.8. The van der Waals surface area contributed by atoms with E-state index in [0.717, 1.165) is 22.4 Å². The van der Waals surface area contributed by atoms with Crippen LogP contribution >= 0.6 is 0 Å². The van der Waals surface area contributed by atoms with E-state index in [2.05, 4.69) is 0 Å². The maximum absolute atomic E-state index is 13.2. The number of hydrogen-bond acceptors (Lipinski definition) is 2. The van der Waals surface area contributed by atoms with Crippen LogP contribution in [-0.4, -0.2) is 6.61 Å². The van der Waals surface area contributed by atoms with Crippen molar-refractivity contribution in [1.29, 1.82) is 0 Å². The Hall–Kier alpha value is -1.87. The average Bonchev–Trinajstić information content (AvgIpc) is 2.82. The van der Waals surface area contributed by atoms with Crippen LogP contribution in [0.5, 0.6) is 5.75 Å². The minimum atomic E-state index is -0.225. The molecule has 2 atom stereocenters. The van der Waals surface area contributed by atoms with Crippen molar-refractivity contribution in [3.63, 3.8) is 0 Å². The Balaban J connectivity index is 1.95. The zero-order chi connectivity index (χ0) is 13.4. The molecule has 1 heterocycles. The van der Waals surface area contributed by atoms with Gasteiger partial charge in [-0.3, -0.25) is 0 Å². The van der Waals surface area contributed by atoms with Crippen LogP contribution in [0.25, 0.3) is 0 Å². The van der Waals surface area contributed by atoms with Gasteiger partial charge >= 0.3 is 0 Å². The van der Waals surface area contributed by atoms with Gasteiger partial charge in [-0.2, -0.15) is 0 Å². The number of fused-ring (bicyclic) bond motifs is 1. The Kier molecular flexibility index (Phi) is 2.99. The van der Waals surface area contributed by atoms with Gasteiger partial charge in [-0.25, -0.2) is 4.39 Å². The topological polar surface area (TPSA) is 35.2 Å². The van der Waals surface area contributed by atoms with Gasteiger partial charge in [0.2, 0.25) is 0 Å². The second-order valence-corrected chi connectivity index (χ2v) is 4.98. The van der Waals surface area contributed by atoms with E-state index in [1.54, 1.807) is 6.07 Å². The summed E-state index contributed by atoms with van der Waals surface area (Å²) in [4.78, 5) is 0. The molecule has 2 unspecified atom stereocenters. The molecule has 0 bridgehead atoms. The number of hydrogen-bond donors (Lipinski definition) is 1. The average molecular weight is 257 g/mol. The highest BCUT2D eigenvalue weighted by atomic mass is 19.1. The summed E-state index contributed by atoms with van der Waals surface area (Å²) in [6, 6.07) is 12.5. The summed E-state index contributed by atoms with van der Waals surface area (Å²) in [6.45, 7) is 2.47. The van der Waals surface area contributed by atoms with Crippen LogP contribution in [0.2, 0.25) is 0 Å². The Morgan fingerprint density at radius 1 is 1.26 bits per heavy atom. The first-order valence-corrected chi connectivity index (χ1v) is 6.40. The highest BCUT2D eigenvalue weighted by Gasteiger charge is 2.30.